The van der Waals surface area contributed by atoms with E-state index in [-0.39, 0.29) is 0 Å². The smallest absolute Gasteiger partial charge is 0.136 e. The predicted molar refractivity (Wildman–Crippen MR) is 89.4 cm³/mol. The van der Waals surface area contributed by atoms with Crippen molar-refractivity contribution in [3.05, 3.63) is 41.7 Å². The predicted octanol–water partition coefficient (Wildman–Crippen LogP) is 4.47. The molecule has 2 N–H and O–H groups in total. The van der Waals surface area contributed by atoms with Gasteiger partial charge < -0.3 is 10.6 Å². The van der Waals surface area contributed by atoms with Crippen LogP contribution in [0.2, 0.25) is 0 Å². The van der Waals surface area contributed by atoms with Gasteiger partial charge in [0, 0.05) is 18.3 Å². The van der Waals surface area contributed by atoms with E-state index in [1.807, 2.05) is 13.0 Å². The van der Waals surface area contributed by atoms with Crippen LogP contribution < -0.4 is 10.6 Å². The molecule has 0 fully saturated rings. The lowest BCUT2D eigenvalue weighted by molar-refractivity contribution is 0.867. The number of hydrogen-bond acceptors (Lipinski definition) is 4. The van der Waals surface area contributed by atoms with Gasteiger partial charge in [-0.15, -0.1) is 0 Å². The van der Waals surface area contributed by atoms with Gasteiger partial charge in [0.2, 0.25) is 0 Å². The highest BCUT2D eigenvalue weighted by Crippen LogP contribution is 2.20. The molecule has 4 heteroatoms. The third kappa shape index (κ3) is 4.45. The Kier molecular flexibility index (Phi) is 5.14. The van der Waals surface area contributed by atoms with Gasteiger partial charge in [-0.3, -0.25) is 0 Å². The van der Waals surface area contributed by atoms with Gasteiger partial charge in [0.05, 0.1) is 0 Å². The molecular weight excluding hydrogens is 260 g/mol. The zero-order valence-corrected chi connectivity index (χ0v) is 13.3. The monoisotopic (exact) mass is 284 g/mol. The second kappa shape index (κ2) is 7.07. The fourth-order valence-corrected chi connectivity index (χ4v) is 2.07. The van der Waals surface area contributed by atoms with Gasteiger partial charge in [-0.1, -0.05) is 32.9 Å². The fraction of sp³-hybridized carbons (Fsp3) is 0.412. The molecular formula is C17H24N4. The van der Waals surface area contributed by atoms with Crippen molar-refractivity contribution in [2.45, 2.75) is 40.0 Å². The first-order chi connectivity index (χ1) is 10.1. The molecule has 0 aliphatic rings. The Morgan fingerprint density at radius 3 is 2.33 bits per heavy atom. The quantitative estimate of drug-likeness (QED) is 0.821. The summed E-state index contributed by atoms with van der Waals surface area (Å²) in [7, 11) is 0. The molecule has 1 aromatic carbocycles. The number of rotatable bonds is 6. The maximum Gasteiger partial charge on any atom is 0.136 e. The molecule has 21 heavy (non-hydrogen) atoms. The molecule has 112 valence electrons. The number of aryl methyl sites for hydroxylation is 1. The number of hydrogen-bond donors (Lipinski definition) is 2. The van der Waals surface area contributed by atoms with Crippen LogP contribution in [0, 0.1) is 6.92 Å². The van der Waals surface area contributed by atoms with Crippen molar-refractivity contribution >= 4 is 17.3 Å². The van der Waals surface area contributed by atoms with Crippen molar-refractivity contribution < 1.29 is 0 Å². The van der Waals surface area contributed by atoms with Crippen molar-refractivity contribution in [2.24, 2.45) is 0 Å². The van der Waals surface area contributed by atoms with E-state index < -0.39 is 0 Å². The van der Waals surface area contributed by atoms with Crippen LogP contribution in [0.25, 0.3) is 0 Å². The lowest BCUT2D eigenvalue weighted by Gasteiger charge is -2.11. The zero-order valence-electron chi connectivity index (χ0n) is 13.3. The second-order valence-electron chi connectivity index (χ2n) is 5.51. The Balaban J connectivity index is 2.12. The second-order valence-corrected chi connectivity index (χ2v) is 5.51. The van der Waals surface area contributed by atoms with E-state index in [0.29, 0.717) is 5.92 Å². The van der Waals surface area contributed by atoms with Crippen LogP contribution in [0.4, 0.5) is 17.3 Å². The normalized spacial score (nSPS) is 10.7. The Hall–Kier alpha value is -2.10. The lowest BCUT2D eigenvalue weighted by atomic mass is 10.0. The number of benzene rings is 1. The Labute approximate surface area is 127 Å². The topological polar surface area (TPSA) is 49.8 Å². The molecule has 0 aliphatic heterocycles. The average molecular weight is 284 g/mol. The number of nitrogens with zero attached hydrogens (tertiary/aromatic N) is 2. The summed E-state index contributed by atoms with van der Waals surface area (Å²) < 4.78 is 0. The molecule has 1 aromatic heterocycles. The van der Waals surface area contributed by atoms with E-state index >= 15 is 0 Å². The Morgan fingerprint density at radius 2 is 1.71 bits per heavy atom. The van der Waals surface area contributed by atoms with Crippen molar-refractivity contribution in [3.8, 4) is 0 Å². The minimum atomic E-state index is 0.546. The Morgan fingerprint density at radius 1 is 1.05 bits per heavy atom. The van der Waals surface area contributed by atoms with Gasteiger partial charge in [-0.05, 0) is 37.0 Å². The minimum Gasteiger partial charge on any atom is -0.370 e. The lowest BCUT2D eigenvalue weighted by Crippen LogP contribution is -2.05. The molecule has 0 saturated carbocycles. The first-order valence-corrected chi connectivity index (χ1v) is 7.55. The summed E-state index contributed by atoms with van der Waals surface area (Å²) in [4.78, 5) is 8.82. The molecule has 0 unspecified atom stereocenters. The molecule has 2 aromatic rings. The van der Waals surface area contributed by atoms with Gasteiger partial charge in [0.1, 0.15) is 17.5 Å². The number of aromatic nitrogens is 2. The van der Waals surface area contributed by atoms with E-state index in [9.17, 15) is 0 Å². The molecule has 0 aliphatic carbocycles. The molecule has 0 saturated heterocycles. The van der Waals surface area contributed by atoms with Gasteiger partial charge >= 0.3 is 0 Å². The molecule has 0 radical (unpaired) electrons. The highest BCUT2D eigenvalue weighted by molar-refractivity contribution is 5.59. The van der Waals surface area contributed by atoms with E-state index in [2.05, 4.69) is 65.6 Å². The summed E-state index contributed by atoms with van der Waals surface area (Å²) in [5.41, 5.74) is 2.38. The van der Waals surface area contributed by atoms with Gasteiger partial charge in [0.15, 0.2) is 0 Å². The summed E-state index contributed by atoms with van der Waals surface area (Å²) in [5.74, 6) is 2.99. The van der Waals surface area contributed by atoms with Gasteiger partial charge in [-0.25, -0.2) is 9.97 Å². The van der Waals surface area contributed by atoms with Gasteiger partial charge in [0.25, 0.3) is 0 Å². The molecule has 0 bridgehead atoms. The largest absolute Gasteiger partial charge is 0.370 e. The SMILES string of the molecule is CCCNc1cc(Nc2ccc(C(C)C)cc2)nc(C)n1. The van der Waals surface area contributed by atoms with Crippen LogP contribution in [-0.2, 0) is 0 Å². The van der Waals surface area contributed by atoms with Crippen LogP contribution in [0.15, 0.2) is 30.3 Å². The summed E-state index contributed by atoms with van der Waals surface area (Å²) in [6, 6.07) is 10.4. The third-order valence-electron chi connectivity index (χ3n) is 3.24. The first kappa shape index (κ1) is 15.3. The van der Waals surface area contributed by atoms with E-state index in [1.165, 1.54) is 5.56 Å². The van der Waals surface area contributed by atoms with E-state index in [4.69, 9.17) is 0 Å². The summed E-state index contributed by atoms with van der Waals surface area (Å²) in [6.45, 7) is 9.35. The number of nitrogens with one attached hydrogen (secondary N) is 2. The molecule has 4 nitrogen and oxygen atoms in total. The maximum atomic E-state index is 4.43. The van der Waals surface area contributed by atoms with Gasteiger partial charge in [-0.2, -0.15) is 0 Å². The summed E-state index contributed by atoms with van der Waals surface area (Å²) >= 11 is 0. The zero-order chi connectivity index (χ0) is 15.2. The van der Waals surface area contributed by atoms with E-state index in [0.717, 1.165) is 36.1 Å². The average Bonchev–Trinajstić information content (AvgIpc) is 2.45. The molecule has 1 heterocycles. The highest BCUT2D eigenvalue weighted by atomic mass is 15.1. The van der Waals surface area contributed by atoms with Crippen LogP contribution in [0.3, 0.4) is 0 Å². The maximum absolute atomic E-state index is 4.43. The van der Waals surface area contributed by atoms with Crippen LogP contribution in [-0.4, -0.2) is 16.5 Å². The van der Waals surface area contributed by atoms with E-state index in [1.54, 1.807) is 0 Å². The van der Waals surface area contributed by atoms with Crippen molar-refractivity contribution in [2.75, 3.05) is 17.2 Å². The molecule has 0 spiro atoms. The van der Waals surface area contributed by atoms with Crippen molar-refractivity contribution in [1.29, 1.82) is 0 Å². The minimum absolute atomic E-state index is 0.546. The van der Waals surface area contributed by atoms with Crippen LogP contribution in [0.5, 0.6) is 0 Å². The Bertz CT molecular complexity index is 576. The molecule has 0 atom stereocenters. The van der Waals surface area contributed by atoms with Crippen LogP contribution in [0.1, 0.15) is 44.5 Å². The summed E-state index contributed by atoms with van der Waals surface area (Å²) in [6.07, 6.45) is 1.07. The van der Waals surface area contributed by atoms with Crippen molar-refractivity contribution in [3.63, 3.8) is 0 Å². The first-order valence-electron chi connectivity index (χ1n) is 7.55. The standard InChI is InChI=1S/C17H24N4/c1-5-10-18-16-11-17(20-13(4)19-16)21-15-8-6-14(7-9-15)12(2)3/h6-9,11-12H,5,10H2,1-4H3,(H2,18,19,20,21). The summed E-state index contributed by atoms with van der Waals surface area (Å²) in [5, 5.41) is 6.63. The highest BCUT2D eigenvalue weighted by Gasteiger charge is 2.03. The third-order valence-corrected chi connectivity index (χ3v) is 3.24. The number of anilines is 3. The molecule has 2 rings (SSSR count). The fourth-order valence-electron chi connectivity index (χ4n) is 2.07. The van der Waals surface area contributed by atoms with Crippen LogP contribution >= 0.6 is 0 Å². The van der Waals surface area contributed by atoms with Crippen molar-refractivity contribution in [1.82, 2.24) is 9.97 Å². The molecule has 0 amide bonds.